The molecule has 1 unspecified atom stereocenters. The summed E-state index contributed by atoms with van der Waals surface area (Å²) in [5.74, 6) is -1.09. The molecule has 1 amide bonds. The van der Waals surface area contributed by atoms with Crippen LogP contribution in [0.3, 0.4) is 0 Å². The monoisotopic (exact) mass is 252 g/mol. The van der Waals surface area contributed by atoms with Crippen molar-refractivity contribution in [2.24, 2.45) is 5.41 Å². The van der Waals surface area contributed by atoms with Crippen LogP contribution in [0, 0.1) is 5.41 Å². The van der Waals surface area contributed by atoms with E-state index in [1.165, 1.54) is 6.20 Å². The average Bonchev–Trinajstić information content (AvgIpc) is 2.91. The molecular weight excluding hydrogens is 236 g/mol. The summed E-state index contributed by atoms with van der Waals surface area (Å²) in [5, 5.41) is 19.1. The van der Waals surface area contributed by atoms with E-state index in [0.717, 1.165) is 0 Å². The van der Waals surface area contributed by atoms with E-state index in [9.17, 15) is 14.7 Å². The van der Waals surface area contributed by atoms with Gasteiger partial charge in [-0.3, -0.25) is 9.59 Å². The summed E-state index contributed by atoms with van der Waals surface area (Å²) in [6, 6.07) is 0. The van der Waals surface area contributed by atoms with Crippen LogP contribution in [-0.2, 0) is 4.79 Å². The van der Waals surface area contributed by atoms with Crippen molar-refractivity contribution in [2.45, 2.75) is 26.2 Å². The van der Waals surface area contributed by atoms with Gasteiger partial charge in [-0.2, -0.15) is 15.4 Å². The number of rotatable bonds is 3. The number of aromatic nitrogens is 3. The van der Waals surface area contributed by atoms with Gasteiger partial charge in [0.05, 0.1) is 11.6 Å². The van der Waals surface area contributed by atoms with Gasteiger partial charge in [0.2, 0.25) is 0 Å². The number of piperidine rings is 1. The smallest absolute Gasteiger partial charge is 0.311 e. The molecule has 0 saturated carbocycles. The Bertz CT molecular complexity index is 445. The molecule has 98 valence electrons. The van der Waals surface area contributed by atoms with E-state index in [0.29, 0.717) is 25.8 Å². The van der Waals surface area contributed by atoms with E-state index in [1.54, 1.807) is 4.90 Å². The predicted molar refractivity (Wildman–Crippen MR) is 61.9 cm³/mol. The first kappa shape index (κ1) is 12.5. The van der Waals surface area contributed by atoms with Crippen molar-refractivity contribution < 1.29 is 14.7 Å². The lowest BCUT2D eigenvalue weighted by molar-refractivity contribution is -0.152. The molecule has 0 radical (unpaired) electrons. The normalized spacial score (nSPS) is 23.9. The Balaban J connectivity index is 2.16. The van der Waals surface area contributed by atoms with Crippen molar-refractivity contribution in [3.63, 3.8) is 0 Å². The topological polar surface area (TPSA) is 99.2 Å². The van der Waals surface area contributed by atoms with Gasteiger partial charge < -0.3 is 10.0 Å². The average molecular weight is 252 g/mol. The summed E-state index contributed by atoms with van der Waals surface area (Å²) in [6.45, 7) is 2.66. The lowest BCUT2D eigenvalue weighted by Crippen LogP contribution is -2.49. The molecule has 1 atom stereocenters. The minimum Gasteiger partial charge on any atom is -0.481 e. The Morgan fingerprint density at radius 1 is 1.61 bits per heavy atom. The van der Waals surface area contributed by atoms with Crippen LogP contribution in [0.2, 0.25) is 0 Å². The lowest BCUT2D eigenvalue weighted by atomic mass is 9.77. The number of aliphatic carboxylic acids is 1. The molecule has 2 rings (SSSR count). The molecule has 7 heteroatoms. The number of H-pyrrole nitrogens is 1. The van der Waals surface area contributed by atoms with Crippen molar-refractivity contribution in [3.8, 4) is 0 Å². The molecule has 2 N–H and O–H groups in total. The molecule has 2 heterocycles. The van der Waals surface area contributed by atoms with Crippen molar-refractivity contribution in [1.29, 1.82) is 0 Å². The quantitative estimate of drug-likeness (QED) is 0.817. The van der Waals surface area contributed by atoms with Crippen LogP contribution < -0.4 is 0 Å². The largest absolute Gasteiger partial charge is 0.481 e. The minimum absolute atomic E-state index is 0.229. The van der Waals surface area contributed by atoms with Gasteiger partial charge >= 0.3 is 5.97 Å². The van der Waals surface area contributed by atoms with Gasteiger partial charge in [0.15, 0.2) is 5.69 Å². The number of nitrogens with one attached hydrogen (secondary N) is 1. The van der Waals surface area contributed by atoms with E-state index in [1.807, 2.05) is 6.92 Å². The fraction of sp³-hybridized carbons (Fsp3) is 0.636. The Labute approximate surface area is 104 Å². The highest BCUT2D eigenvalue weighted by Crippen LogP contribution is 2.34. The van der Waals surface area contributed by atoms with E-state index in [2.05, 4.69) is 15.4 Å². The van der Waals surface area contributed by atoms with Crippen LogP contribution in [0.4, 0.5) is 0 Å². The second kappa shape index (κ2) is 4.75. The van der Waals surface area contributed by atoms with Crippen molar-refractivity contribution in [1.82, 2.24) is 20.3 Å². The molecule has 1 aliphatic rings. The third-order valence-corrected chi connectivity index (χ3v) is 3.63. The Hall–Kier alpha value is -1.92. The number of carbonyl (C=O) groups excluding carboxylic acids is 1. The minimum atomic E-state index is -0.831. The molecule has 1 aromatic rings. The van der Waals surface area contributed by atoms with Gasteiger partial charge in [-0.05, 0) is 19.3 Å². The molecule has 0 aromatic carbocycles. The van der Waals surface area contributed by atoms with Crippen LogP contribution in [0.25, 0.3) is 0 Å². The van der Waals surface area contributed by atoms with Gasteiger partial charge in [-0.25, -0.2) is 0 Å². The third kappa shape index (κ3) is 2.07. The third-order valence-electron chi connectivity index (χ3n) is 3.63. The molecule has 1 aliphatic heterocycles. The first-order valence-corrected chi connectivity index (χ1v) is 5.97. The summed E-state index contributed by atoms with van der Waals surface area (Å²) in [6.07, 6.45) is 3.18. The molecule has 1 saturated heterocycles. The number of hydrogen-bond acceptors (Lipinski definition) is 4. The molecule has 18 heavy (non-hydrogen) atoms. The maximum absolute atomic E-state index is 12.1. The number of carboxylic acid groups (broad SMARTS) is 1. The van der Waals surface area contributed by atoms with E-state index in [-0.39, 0.29) is 18.1 Å². The Morgan fingerprint density at radius 3 is 2.94 bits per heavy atom. The molecule has 0 spiro atoms. The summed E-state index contributed by atoms with van der Waals surface area (Å²) in [4.78, 5) is 25.0. The van der Waals surface area contributed by atoms with Gasteiger partial charge in [0, 0.05) is 13.1 Å². The summed E-state index contributed by atoms with van der Waals surface area (Å²) in [7, 11) is 0. The van der Waals surface area contributed by atoms with Crippen LogP contribution in [0.1, 0.15) is 36.7 Å². The highest BCUT2D eigenvalue weighted by atomic mass is 16.4. The van der Waals surface area contributed by atoms with Gasteiger partial charge in [-0.1, -0.05) is 6.92 Å². The van der Waals surface area contributed by atoms with Crippen LogP contribution in [0.5, 0.6) is 0 Å². The molecule has 1 fully saturated rings. The Kier molecular flexibility index (Phi) is 3.31. The highest BCUT2D eigenvalue weighted by Gasteiger charge is 2.42. The maximum atomic E-state index is 12.1. The van der Waals surface area contributed by atoms with Crippen LogP contribution in [-0.4, -0.2) is 50.4 Å². The molecule has 0 bridgehead atoms. The number of carbonyl (C=O) groups is 2. The maximum Gasteiger partial charge on any atom is 0.311 e. The number of amides is 1. The lowest BCUT2D eigenvalue weighted by Gasteiger charge is -2.39. The second-order valence-corrected chi connectivity index (χ2v) is 4.62. The van der Waals surface area contributed by atoms with Crippen molar-refractivity contribution in [3.05, 3.63) is 11.9 Å². The number of nitrogens with zero attached hydrogens (tertiary/aromatic N) is 3. The summed E-state index contributed by atoms with van der Waals surface area (Å²) >= 11 is 0. The van der Waals surface area contributed by atoms with Gasteiger partial charge in [0.25, 0.3) is 5.91 Å². The zero-order chi connectivity index (χ0) is 13.2. The molecular formula is C11H16N4O3. The summed E-state index contributed by atoms with van der Waals surface area (Å²) in [5.41, 5.74) is -0.593. The zero-order valence-corrected chi connectivity index (χ0v) is 10.2. The van der Waals surface area contributed by atoms with Crippen molar-refractivity contribution >= 4 is 11.9 Å². The fourth-order valence-electron chi connectivity index (χ4n) is 2.39. The second-order valence-electron chi connectivity index (χ2n) is 4.62. The standard InChI is InChI=1S/C11H16N4O3/c1-2-11(10(17)18)4-3-5-15(7-11)9(16)8-6-12-14-13-8/h6H,2-5,7H2,1H3,(H,17,18)(H,12,13,14). The van der Waals surface area contributed by atoms with Gasteiger partial charge in [0.1, 0.15) is 0 Å². The first-order valence-electron chi connectivity index (χ1n) is 5.97. The SMILES string of the molecule is CCC1(C(=O)O)CCCN(C(=O)c2cn[nH]n2)C1. The predicted octanol–water partition coefficient (Wildman–Crippen LogP) is 0.522. The van der Waals surface area contributed by atoms with Crippen LogP contribution >= 0.6 is 0 Å². The first-order chi connectivity index (χ1) is 8.59. The Morgan fingerprint density at radius 2 is 2.39 bits per heavy atom. The number of aromatic amines is 1. The van der Waals surface area contributed by atoms with E-state index < -0.39 is 11.4 Å². The van der Waals surface area contributed by atoms with E-state index >= 15 is 0 Å². The van der Waals surface area contributed by atoms with Crippen LogP contribution in [0.15, 0.2) is 6.20 Å². The zero-order valence-electron chi connectivity index (χ0n) is 10.2. The van der Waals surface area contributed by atoms with Crippen molar-refractivity contribution in [2.75, 3.05) is 13.1 Å². The molecule has 0 aliphatic carbocycles. The molecule has 7 nitrogen and oxygen atoms in total. The van der Waals surface area contributed by atoms with E-state index in [4.69, 9.17) is 0 Å². The fourth-order valence-corrected chi connectivity index (χ4v) is 2.39. The number of hydrogen-bond donors (Lipinski definition) is 2. The summed E-state index contributed by atoms with van der Waals surface area (Å²) < 4.78 is 0. The molecule has 1 aromatic heterocycles. The highest BCUT2D eigenvalue weighted by molar-refractivity contribution is 5.92. The van der Waals surface area contributed by atoms with Gasteiger partial charge in [-0.15, -0.1) is 0 Å². The number of likely N-dealkylation sites (tertiary alicyclic amines) is 1. The number of carboxylic acids is 1.